The molecular weight excluding hydrogens is 718 g/mol. The molecular formula is C43H49N3O10. The summed E-state index contributed by atoms with van der Waals surface area (Å²) in [6.07, 6.45) is 7.33. The zero-order valence-electron chi connectivity index (χ0n) is 31.7. The number of pyridine rings is 1. The van der Waals surface area contributed by atoms with E-state index in [1.807, 2.05) is 15.5 Å². The van der Waals surface area contributed by atoms with Crippen LogP contribution < -0.4 is 20.3 Å². The minimum absolute atomic E-state index is 0.00212. The smallest absolute Gasteiger partial charge is 0.342 e. The maximum absolute atomic E-state index is 13.7. The minimum Gasteiger partial charge on any atom is -0.507 e. The number of amides is 2. The van der Waals surface area contributed by atoms with Crippen molar-refractivity contribution in [3.63, 3.8) is 0 Å². The van der Waals surface area contributed by atoms with Gasteiger partial charge in [-0.05, 0) is 86.8 Å². The number of nitrogens with zero attached hydrogens (tertiary/aromatic N) is 2. The van der Waals surface area contributed by atoms with Crippen LogP contribution in [0.1, 0.15) is 116 Å². The molecule has 0 aliphatic carbocycles. The summed E-state index contributed by atoms with van der Waals surface area (Å²) in [5, 5.41) is 26.3. The van der Waals surface area contributed by atoms with E-state index in [-0.39, 0.29) is 83.6 Å². The van der Waals surface area contributed by atoms with E-state index in [9.17, 15) is 34.2 Å². The quantitative estimate of drug-likeness (QED) is 0.195. The summed E-state index contributed by atoms with van der Waals surface area (Å²) in [6.45, 7) is 3.73. The topological polar surface area (TPSA) is 174 Å². The Balaban J connectivity index is 1.07. The number of benzene rings is 2. The number of carbonyl (C=O) groups is 4. The third-order valence-electron chi connectivity index (χ3n) is 11.3. The number of hydrogen-bond acceptors (Lipinski definition) is 10. The Bertz CT molecular complexity index is 2090. The SMILES string of the molecule is C[C@H]1CCCC(=O)CCCC=Cc2cc(O)c(C(CC(=O)NCCCC(=O)N3C[C@H]4C[C@@H](C3)c3cccc(=O)n3C4)c3ccc4c(c3)OCO4)c(O)c2C(=O)O1. The highest BCUT2D eigenvalue weighted by Crippen LogP contribution is 2.46. The van der Waals surface area contributed by atoms with Gasteiger partial charge in [0.05, 0.1) is 6.10 Å². The molecule has 1 unspecified atom stereocenters. The lowest BCUT2D eigenvalue weighted by Gasteiger charge is -2.42. The first-order valence-electron chi connectivity index (χ1n) is 19.7. The van der Waals surface area contributed by atoms with Gasteiger partial charge in [-0.1, -0.05) is 24.3 Å². The van der Waals surface area contributed by atoms with Gasteiger partial charge in [0, 0.05) is 81.0 Å². The molecule has 2 aromatic carbocycles. The highest BCUT2D eigenvalue weighted by atomic mass is 16.7. The number of Topliss-reactive ketones (excluding diaryl/α,β-unsaturated/α-hetero) is 1. The average molecular weight is 768 g/mol. The Hall–Kier alpha value is -5.59. The largest absolute Gasteiger partial charge is 0.507 e. The maximum atomic E-state index is 13.7. The number of ketones is 1. The van der Waals surface area contributed by atoms with E-state index in [4.69, 9.17) is 14.2 Å². The van der Waals surface area contributed by atoms with Crippen LogP contribution in [-0.2, 0) is 25.7 Å². The fourth-order valence-electron chi connectivity index (χ4n) is 8.52. The van der Waals surface area contributed by atoms with E-state index < -0.39 is 23.7 Å². The predicted molar refractivity (Wildman–Crippen MR) is 206 cm³/mol. The molecule has 0 saturated carbocycles. The van der Waals surface area contributed by atoms with Gasteiger partial charge in [-0.15, -0.1) is 0 Å². The van der Waals surface area contributed by atoms with Crippen molar-refractivity contribution in [2.75, 3.05) is 26.4 Å². The number of cyclic esters (lactones) is 1. The number of allylic oxidation sites excluding steroid dienone is 1. The second-order valence-electron chi connectivity index (χ2n) is 15.4. The van der Waals surface area contributed by atoms with Crippen molar-refractivity contribution >= 4 is 29.6 Å². The lowest BCUT2D eigenvalue weighted by atomic mass is 9.83. The fraction of sp³-hybridized carbons (Fsp3) is 0.465. The van der Waals surface area contributed by atoms with Crippen LogP contribution in [0.4, 0.5) is 0 Å². The van der Waals surface area contributed by atoms with E-state index >= 15 is 0 Å². The van der Waals surface area contributed by atoms with Crippen LogP contribution in [0.15, 0.2) is 53.3 Å². The van der Waals surface area contributed by atoms with Crippen molar-refractivity contribution in [2.24, 2.45) is 5.92 Å². The molecule has 5 heterocycles. The van der Waals surface area contributed by atoms with Crippen molar-refractivity contribution in [1.29, 1.82) is 0 Å². The Labute approximate surface area is 325 Å². The number of likely N-dealkylation sites (tertiary alicyclic amines) is 1. The van der Waals surface area contributed by atoms with Crippen LogP contribution in [0.2, 0.25) is 0 Å². The van der Waals surface area contributed by atoms with Crippen LogP contribution in [0.25, 0.3) is 6.08 Å². The van der Waals surface area contributed by atoms with E-state index in [1.165, 1.54) is 6.07 Å². The monoisotopic (exact) mass is 767 g/mol. The second kappa shape index (κ2) is 17.1. The van der Waals surface area contributed by atoms with E-state index in [0.29, 0.717) is 81.6 Å². The van der Waals surface area contributed by atoms with Crippen molar-refractivity contribution in [3.8, 4) is 23.0 Å². The van der Waals surface area contributed by atoms with Crippen LogP contribution in [0.5, 0.6) is 23.0 Å². The first kappa shape index (κ1) is 38.7. The molecule has 3 N–H and O–H groups in total. The Morgan fingerprint density at radius 2 is 1.80 bits per heavy atom. The van der Waals surface area contributed by atoms with Crippen LogP contribution >= 0.6 is 0 Å². The van der Waals surface area contributed by atoms with E-state index in [2.05, 4.69) is 5.32 Å². The number of phenols is 2. The van der Waals surface area contributed by atoms with Crippen LogP contribution in [0.3, 0.4) is 0 Å². The van der Waals surface area contributed by atoms with Crippen LogP contribution in [0, 0.1) is 5.92 Å². The first-order valence-corrected chi connectivity index (χ1v) is 19.7. The zero-order chi connectivity index (χ0) is 39.3. The predicted octanol–water partition coefficient (Wildman–Crippen LogP) is 5.53. The number of aromatic hydroxyl groups is 2. The number of rotatable bonds is 8. The molecule has 2 bridgehead atoms. The lowest BCUT2D eigenvalue weighted by molar-refractivity contribution is -0.134. The summed E-state index contributed by atoms with van der Waals surface area (Å²) >= 11 is 0. The molecule has 4 aliphatic heterocycles. The highest BCUT2D eigenvalue weighted by molar-refractivity contribution is 5.98. The number of fused-ring (bicyclic) bond motifs is 6. The molecule has 1 saturated heterocycles. The maximum Gasteiger partial charge on any atom is 0.342 e. The summed E-state index contributed by atoms with van der Waals surface area (Å²) in [5.74, 6) is -1.46. The number of carbonyl (C=O) groups excluding carboxylic acids is 4. The summed E-state index contributed by atoms with van der Waals surface area (Å²) in [5.41, 5.74) is 1.61. The standard InChI is InChI=1S/C43H49N3O10/c1-26-8-5-11-31(47)10-4-2-3-9-29-19-34(48)41(42(52)40(29)43(53)56-26)32(28-15-16-35-36(20-28)55-25-54-35)21-37(49)44-17-7-14-38(50)45-22-27-18-30(24-45)33-12-6-13-39(51)46(33)23-27/h3,6,9,12-13,15-16,19-20,26-27,30,32,48,52H,2,4-5,7-8,10-11,14,17-18,21-25H2,1H3,(H,44,49)/t26-,27+,30-,32?/m0/s1. The molecule has 2 amide bonds. The number of hydrogen-bond donors (Lipinski definition) is 3. The van der Waals surface area contributed by atoms with Crippen molar-refractivity contribution in [3.05, 3.63) is 86.8 Å². The van der Waals surface area contributed by atoms with Gasteiger partial charge in [0.25, 0.3) is 5.56 Å². The number of piperidine rings is 1. The summed E-state index contributed by atoms with van der Waals surface area (Å²) in [4.78, 5) is 67.2. The number of nitrogens with one attached hydrogen (secondary N) is 1. The van der Waals surface area contributed by atoms with Crippen molar-refractivity contribution < 1.29 is 43.6 Å². The second-order valence-corrected chi connectivity index (χ2v) is 15.4. The molecule has 1 fully saturated rings. The Morgan fingerprint density at radius 3 is 2.66 bits per heavy atom. The van der Waals surface area contributed by atoms with Gasteiger partial charge in [-0.25, -0.2) is 4.79 Å². The molecule has 0 radical (unpaired) electrons. The molecule has 0 spiro atoms. The number of esters is 1. The number of phenolic OH excluding ortho intramolecular Hbond substituents is 2. The molecule has 4 atom stereocenters. The summed E-state index contributed by atoms with van der Waals surface area (Å²) in [7, 11) is 0. The van der Waals surface area contributed by atoms with Crippen LogP contribution in [-0.4, -0.2) is 75.8 Å². The van der Waals surface area contributed by atoms with Gasteiger partial charge in [-0.2, -0.15) is 0 Å². The minimum atomic E-state index is -0.923. The molecule has 296 valence electrons. The highest BCUT2D eigenvalue weighted by Gasteiger charge is 2.36. The summed E-state index contributed by atoms with van der Waals surface area (Å²) < 4.78 is 18.7. The molecule has 56 heavy (non-hydrogen) atoms. The third-order valence-corrected chi connectivity index (χ3v) is 11.3. The zero-order valence-corrected chi connectivity index (χ0v) is 31.7. The molecule has 3 aromatic rings. The van der Waals surface area contributed by atoms with E-state index in [1.54, 1.807) is 49.4 Å². The molecule has 4 aliphatic rings. The molecule has 13 heteroatoms. The number of aromatic nitrogens is 1. The van der Waals surface area contributed by atoms with Crippen molar-refractivity contribution in [2.45, 2.75) is 95.6 Å². The van der Waals surface area contributed by atoms with E-state index in [0.717, 1.165) is 12.1 Å². The molecule has 1 aromatic heterocycles. The first-order chi connectivity index (χ1) is 27.0. The van der Waals surface area contributed by atoms with Crippen molar-refractivity contribution in [1.82, 2.24) is 14.8 Å². The molecule has 13 nitrogen and oxygen atoms in total. The lowest BCUT2D eigenvalue weighted by Crippen LogP contribution is -2.49. The van der Waals surface area contributed by atoms with Gasteiger partial charge in [0.15, 0.2) is 11.5 Å². The Morgan fingerprint density at radius 1 is 0.982 bits per heavy atom. The number of ether oxygens (including phenoxy) is 3. The van der Waals surface area contributed by atoms with Gasteiger partial charge in [0.2, 0.25) is 18.6 Å². The molecule has 7 rings (SSSR count). The van der Waals surface area contributed by atoms with Gasteiger partial charge < -0.3 is 39.2 Å². The normalized spacial score (nSPS) is 21.3. The Kier molecular flexibility index (Phi) is 11.8. The third kappa shape index (κ3) is 8.61. The average Bonchev–Trinajstić information content (AvgIpc) is 3.64. The van der Waals surface area contributed by atoms with Gasteiger partial charge in [-0.3, -0.25) is 19.2 Å². The van der Waals surface area contributed by atoms with Gasteiger partial charge >= 0.3 is 5.97 Å². The fourth-order valence-corrected chi connectivity index (χ4v) is 8.52. The summed E-state index contributed by atoms with van der Waals surface area (Å²) in [6, 6.07) is 11.8. The van der Waals surface area contributed by atoms with Gasteiger partial charge in [0.1, 0.15) is 22.8 Å².